The molecule has 0 aliphatic rings. The molecule has 1 aromatic rings. The summed E-state index contributed by atoms with van der Waals surface area (Å²) in [6, 6.07) is 10.5. The minimum atomic E-state index is 0.817. The molecule has 0 bridgehead atoms. The van der Waals surface area contributed by atoms with Gasteiger partial charge in [0.15, 0.2) is 0 Å². The summed E-state index contributed by atoms with van der Waals surface area (Å²) in [4.78, 5) is 0. The van der Waals surface area contributed by atoms with Crippen molar-refractivity contribution in [1.82, 2.24) is 0 Å². The van der Waals surface area contributed by atoms with Gasteiger partial charge in [0, 0.05) is 10.9 Å². The Morgan fingerprint density at radius 1 is 1.12 bits per heavy atom. The van der Waals surface area contributed by atoms with Crippen molar-refractivity contribution in [2.45, 2.75) is 51.2 Å². The van der Waals surface area contributed by atoms with Crippen LogP contribution in [-0.4, -0.2) is 11.1 Å². The number of unbranched alkanes of at least 4 members (excludes halogenated alkanes) is 2. The second-order valence-electron chi connectivity index (χ2n) is 4.38. The first-order valence-electron chi connectivity index (χ1n) is 6.77. The molecule has 17 heavy (non-hydrogen) atoms. The lowest BCUT2D eigenvalue weighted by Crippen LogP contribution is -2.06. The maximum atomic E-state index is 3.46. The van der Waals surface area contributed by atoms with E-state index in [0.29, 0.717) is 0 Å². The van der Waals surface area contributed by atoms with Crippen LogP contribution in [0.15, 0.2) is 30.3 Å². The first kappa shape index (κ1) is 14.4. The van der Waals surface area contributed by atoms with Crippen LogP contribution in [0.2, 0.25) is 0 Å². The second kappa shape index (κ2) is 9.41. The third-order valence-electron chi connectivity index (χ3n) is 2.95. The van der Waals surface area contributed by atoms with Crippen LogP contribution in [0.3, 0.4) is 0 Å². The van der Waals surface area contributed by atoms with Gasteiger partial charge in [-0.25, -0.2) is 0 Å². The number of rotatable bonds is 9. The SMILES string of the molecule is CCCCC[C@@H](CC)SCNc1ccccc1. The highest BCUT2D eigenvalue weighted by Crippen LogP contribution is 2.21. The molecule has 0 aromatic heterocycles. The van der Waals surface area contributed by atoms with E-state index in [2.05, 4.69) is 61.3 Å². The quantitative estimate of drug-likeness (QED) is 0.481. The molecule has 0 saturated heterocycles. The van der Waals surface area contributed by atoms with Crippen LogP contribution in [0.5, 0.6) is 0 Å². The van der Waals surface area contributed by atoms with Crippen molar-refractivity contribution in [3.05, 3.63) is 30.3 Å². The summed E-state index contributed by atoms with van der Waals surface area (Å²) < 4.78 is 0. The minimum absolute atomic E-state index is 0.817. The van der Waals surface area contributed by atoms with Gasteiger partial charge in [-0.1, -0.05) is 51.3 Å². The van der Waals surface area contributed by atoms with Gasteiger partial charge in [-0.3, -0.25) is 0 Å². The monoisotopic (exact) mass is 251 g/mol. The third-order valence-corrected chi connectivity index (χ3v) is 4.31. The van der Waals surface area contributed by atoms with Gasteiger partial charge in [-0.05, 0) is 25.0 Å². The number of hydrogen-bond donors (Lipinski definition) is 1. The van der Waals surface area contributed by atoms with Gasteiger partial charge in [-0.2, -0.15) is 0 Å². The Balaban J connectivity index is 2.15. The second-order valence-corrected chi connectivity index (χ2v) is 5.67. The molecule has 0 aliphatic carbocycles. The zero-order valence-corrected chi connectivity index (χ0v) is 11.9. The number of anilines is 1. The number of hydrogen-bond acceptors (Lipinski definition) is 2. The van der Waals surface area contributed by atoms with Gasteiger partial charge < -0.3 is 5.32 Å². The standard InChI is InChI=1S/C15H25NS/c1-3-5-7-12-15(4-2)17-13-16-14-10-8-6-9-11-14/h6,8-11,15-16H,3-5,7,12-13H2,1-2H3/t15-/m1/s1. The molecule has 0 aliphatic heterocycles. The zero-order valence-electron chi connectivity index (χ0n) is 11.1. The molecule has 0 spiro atoms. The Morgan fingerprint density at radius 3 is 2.53 bits per heavy atom. The van der Waals surface area contributed by atoms with Gasteiger partial charge in [0.25, 0.3) is 0 Å². The van der Waals surface area contributed by atoms with Crippen LogP contribution in [0.1, 0.15) is 46.0 Å². The predicted molar refractivity (Wildman–Crippen MR) is 80.7 cm³/mol. The first-order valence-corrected chi connectivity index (χ1v) is 7.82. The zero-order chi connectivity index (χ0) is 12.3. The molecule has 0 saturated carbocycles. The average Bonchev–Trinajstić information content (AvgIpc) is 2.38. The molecule has 0 heterocycles. The summed E-state index contributed by atoms with van der Waals surface area (Å²) in [5, 5.41) is 4.28. The van der Waals surface area contributed by atoms with Crippen molar-refractivity contribution in [2.24, 2.45) is 0 Å². The van der Waals surface area contributed by atoms with Crippen molar-refractivity contribution in [3.63, 3.8) is 0 Å². The molecule has 1 aromatic carbocycles. The molecule has 1 N–H and O–H groups in total. The molecule has 1 atom stereocenters. The summed E-state index contributed by atoms with van der Waals surface area (Å²) in [7, 11) is 0. The van der Waals surface area contributed by atoms with E-state index >= 15 is 0 Å². The van der Waals surface area contributed by atoms with Crippen molar-refractivity contribution >= 4 is 17.4 Å². The first-order chi connectivity index (χ1) is 8.36. The highest BCUT2D eigenvalue weighted by Gasteiger charge is 2.05. The van der Waals surface area contributed by atoms with E-state index in [1.54, 1.807) is 0 Å². The lowest BCUT2D eigenvalue weighted by atomic mass is 10.1. The highest BCUT2D eigenvalue weighted by molar-refractivity contribution is 7.99. The minimum Gasteiger partial charge on any atom is -0.376 e. The molecule has 0 amide bonds. The van der Waals surface area contributed by atoms with E-state index in [1.807, 2.05) is 0 Å². The summed E-state index contributed by atoms with van der Waals surface area (Å²) in [5.74, 6) is 1.02. The van der Waals surface area contributed by atoms with E-state index in [-0.39, 0.29) is 0 Å². The fourth-order valence-electron chi connectivity index (χ4n) is 1.83. The summed E-state index contributed by atoms with van der Waals surface area (Å²) in [6.07, 6.45) is 6.73. The van der Waals surface area contributed by atoms with E-state index in [4.69, 9.17) is 0 Å². The fraction of sp³-hybridized carbons (Fsp3) is 0.600. The van der Waals surface area contributed by atoms with Crippen LogP contribution >= 0.6 is 11.8 Å². The molecular formula is C15H25NS. The number of thioether (sulfide) groups is 1. The highest BCUT2D eigenvalue weighted by atomic mass is 32.2. The Morgan fingerprint density at radius 2 is 1.88 bits per heavy atom. The van der Waals surface area contributed by atoms with Crippen LogP contribution in [-0.2, 0) is 0 Å². The molecule has 0 fully saturated rings. The van der Waals surface area contributed by atoms with E-state index < -0.39 is 0 Å². The molecule has 2 heteroatoms. The van der Waals surface area contributed by atoms with E-state index in [1.165, 1.54) is 37.8 Å². The maximum absolute atomic E-state index is 3.46. The van der Waals surface area contributed by atoms with Crippen molar-refractivity contribution < 1.29 is 0 Å². The maximum Gasteiger partial charge on any atom is 0.0613 e. The van der Waals surface area contributed by atoms with Gasteiger partial charge in [0.1, 0.15) is 0 Å². The molecule has 0 unspecified atom stereocenters. The fourth-order valence-corrected chi connectivity index (χ4v) is 2.88. The van der Waals surface area contributed by atoms with Gasteiger partial charge in [0.05, 0.1) is 5.88 Å². The molecule has 1 nitrogen and oxygen atoms in total. The predicted octanol–water partition coefficient (Wildman–Crippen LogP) is 5.15. The molecular weight excluding hydrogens is 226 g/mol. The number of benzene rings is 1. The Labute approximate surface area is 110 Å². The van der Waals surface area contributed by atoms with E-state index in [0.717, 1.165) is 11.1 Å². The van der Waals surface area contributed by atoms with Crippen LogP contribution in [0, 0.1) is 0 Å². The third kappa shape index (κ3) is 6.62. The number of para-hydroxylation sites is 1. The molecule has 96 valence electrons. The van der Waals surface area contributed by atoms with Crippen molar-refractivity contribution in [3.8, 4) is 0 Å². The van der Waals surface area contributed by atoms with Crippen LogP contribution in [0.25, 0.3) is 0 Å². The lowest BCUT2D eigenvalue weighted by molar-refractivity contribution is 0.636. The van der Waals surface area contributed by atoms with Gasteiger partial charge in [0.2, 0.25) is 0 Å². The number of nitrogens with one attached hydrogen (secondary N) is 1. The average molecular weight is 251 g/mol. The van der Waals surface area contributed by atoms with Gasteiger partial charge >= 0.3 is 0 Å². The summed E-state index contributed by atoms with van der Waals surface area (Å²) in [6.45, 7) is 4.57. The summed E-state index contributed by atoms with van der Waals surface area (Å²) >= 11 is 2.06. The smallest absolute Gasteiger partial charge is 0.0613 e. The Hall–Kier alpha value is -0.630. The summed E-state index contributed by atoms with van der Waals surface area (Å²) in [5.41, 5.74) is 1.23. The van der Waals surface area contributed by atoms with E-state index in [9.17, 15) is 0 Å². The molecule has 1 rings (SSSR count). The van der Waals surface area contributed by atoms with Crippen LogP contribution in [0.4, 0.5) is 5.69 Å². The Bertz CT molecular complexity index is 274. The van der Waals surface area contributed by atoms with Crippen LogP contribution < -0.4 is 5.32 Å². The van der Waals surface area contributed by atoms with Gasteiger partial charge in [-0.15, -0.1) is 11.8 Å². The lowest BCUT2D eigenvalue weighted by Gasteiger charge is -2.15. The normalized spacial score (nSPS) is 12.4. The van der Waals surface area contributed by atoms with Crippen molar-refractivity contribution in [2.75, 3.05) is 11.2 Å². The topological polar surface area (TPSA) is 12.0 Å². The molecule has 0 radical (unpaired) electrons. The Kier molecular flexibility index (Phi) is 7.98. The largest absolute Gasteiger partial charge is 0.376 e. The van der Waals surface area contributed by atoms with Crippen molar-refractivity contribution in [1.29, 1.82) is 0 Å².